The van der Waals surface area contributed by atoms with Crippen LogP contribution in [0.15, 0.2) is 9.95 Å². The van der Waals surface area contributed by atoms with Gasteiger partial charge < -0.3 is 9.64 Å². The SMILES string of the molecule is CC1CCc2c(sc3nc(SCC(=O)N4CC(C)CC(C)C4)n(CC4CCCO4)c(=O)c23)C1. The zero-order chi connectivity index (χ0) is 23.1. The van der Waals surface area contributed by atoms with Gasteiger partial charge in [0.15, 0.2) is 5.16 Å². The summed E-state index contributed by atoms with van der Waals surface area (Å²) in [7, 11) is 0. The fourth-order valence-corrected chi connectivity index (χ4v) is 8.09. The number of carbonyl (C=O) groups excluding carboxylic acids is 1. The van der Waals surface area contributed by atoms with Crippen molar-refractivity contribution in [2.24, 2.45) is 17.8 Å². The van der Waals surface area contributed by atoms with Gasteiger partial charge in [-0.1, -0.05) is 32.5 Å². The van der Waals surface area contributed by atoms with Crippen molar-refractivity contribution in [3.8, 4) is 0 Å². The van der Waals surface area contributed by atoms with Crippen molar-refractivity contribution in [2.75, 3.05) is 25.4 Å². The van der Waals surface area contributed by atoms with Crippen LogP contribution in [-0.4, -0.2) is 51.9 Å². The van der Waals surface area contributed by atoms with Gasteiger partial charge in [0.2, 0.25) is 5.91 Å². The largest absolute Gasteiger partial charge is 0.376 e. The number of likely N-dealkylation sites (tertiary alicyclic amines) is 1. The van der Waals surface area contributed by atoms with Crippen molar-refractivity contribution in [3.63, 3.8) is 0 Å². The van der Waals surface area contributed by atoms with Gasteiger partial charge in [-0.3, -0.25) is 14.2 Å². The second kappa shape index (κ2) is 9.70. The Labute approximate surface area is 204 Å². The van der Waals surface area contributed by atoms with Gasteiger partial charge >= 0.3 is 0 Å². The minimum Gasteiger partial charge on any atom is -0.376 e. The molecule has 0 bridgehead atoms. The van der Waals surface area contributed by atoms with Crippen molar-refractivity contribution in [1.29, 1.82) is 0 Å². The Hall–Kier alpha value is -1.38. The number of piperidine rings is 1. The first-order valence-electron chi connectivity index (χ1n) is 12.5. The highest BCUT2D eigenvalue weighted by molar-refractivity contribution is 7.99. The van der Waals surface area contributed by atoms with Crippen LogP contribution < -0.4 is 5.56 Å². The van der Waals surface area contributed by atoms with E-state index in [1.54, 1.807) is 11.3 Å². The van der Waals surface area contributed by atoms with E-state index in [-0.39, 0.29) is 17.6 Å². The summed E-state index contributed by atoms with van der Waals surface area (Å²) < 4.78 is 7.67. The molecule has 2 fully saturated rings. The molecule has 6 nitrogen and oxygen atoms in total. The summed E-state index contributed by atoms with van der Waals surface area (Å²) in [5.74, 6) is 2.20. The monoisotopic (exact) mass is 489 g/mol. The van der Waals surface area contributed by atoms with Crippen LogP contribution in [0.1, 0.15) is 56.9 Å². The van der Waals surface area contributed by atoms with Gasteiger partial charge in [0.25, 0.3) is 5.56 Å². The Morgan fingerprint density at radius 3 is 2.70 bits per heavy atom. The number of amides is 1. The molecular weight excluding hydrogens is 454 g/mol. The number of aryl methyl sites for hydroxylation is 1. The molecule has 3 aliphatic rings. The summed E-state index contributed by atoms with van der Waals surface area (Å²) in [6.07, 6.45) is 6.36. The number of ether oxygens (including phenoxy) is 1. The zero-order valence-electron chi connectivity index (χ0n) is 20.0. The highest BCUT2D eigenvalue weighted by Gasteiger charge is 2.28. The van der Waals surface area contributed by atoms with Crippen molar-refractivity contribution in [3.05, 3.63) is 20.8 Å². The lowest BCUT2D eigenvalue weighted by atomic mass is 9.89. The second-order valence-corrected chi connectivity index (χ2v) is 12.5. The number of nitrogens with zero attached hydrogens (tertiary/aromatic N) is 3. The first-order valence-corrected chi connectivity index (χ1v) is 14.3. The minimum absolute atomic E-state index is 0.0512. The Morgan fingerprint density at radius 2 is 1.97 bits per heavy atom. The van der Waals surface area contributed by atoms with Gasteiger partial charge in [0.1, 0.15) is 4.83 Å². The molecule has 0 spiro atoms. The molecule has 180 valence electrons. The molecule has 4 heterocycles. The molecule has 0 saturated carbocycles. The first kappa shape index (κ1) is 23.4. The van der Waals surface area contributed by atoms with Gasteiger partial charge in [0.05, 0.1) is 23.8 Å². The third-order valence-electron chi connectivity index (χ3n) is 7.34. The van der Waals surface area contributed by atoms with Crippen molar-refractivity contribution >= 4 is 39.2 Å². The molecular formula is C25H35N3O3S2. The number of hydrogen-bond donors (Lipinski definition) is 0. The highest BCUT2D eigenvalue weighted by atomic mass is 32.2. The van der Waals surface area contributed by atoms with Crippen molar-refractivity contribution < 1.29 is 9.53 Å². The highest BCUT2D eigenvalue weighted by Crippen LogP contribution is 2.37. The van der Waals surface area contributed by atoms with E-state index in [2.05, 4.69) is 20.8 Å². The number of aromatic nitrogens is 2. The average Bonchev–Trinajstić information content (AvgIpc) is 3.40. The predicted molar refractivity (Wildman–Crippen MR) is 134 cm³/mol. The van der Waals surface area contributed by atoms with E-state index in [4.69, 9.17) is 9.72 Å². The molecule has 8 heteroatoms. The Bertz CT molecular complexity index is 1080. The van der Waals surface area contributed by atoms with E-state index in [1.165, 1.54) is 28.6 Å². The number of thioether (sulfide) groups is 1. The lowest BCUT2D eigenvalue weighted by Crippen LogP contribution is -2.43. The third kappa shape index (κ3) is 4.89. The van der Waals surface area contributed by atoms with Gasteiger partial charge in [0, 0.05) is 24.6 Å². The quantitative estimate of drug-likeness (QED) is 0.461. The molecule has 1 amide bonds. The molecule has 33 heavy (non-hydrogen) atoms. The standard InChI is InChI=1S/C25H35N3O3S2/c1-15-6-7-19-20(10-15)33-23-22(19)24(30)28(13-18-5-4-8-31-18)25(26-23)32-14-21(29)27-11-16(2)9-17(3)12-27/h15-18H,4-14H2,1-3H3. The number of hydrogen-bond acceptors (Lipinski definition) is 6. The molecule has 0 radical (unpaired) electrons. The van der Waals surface area contributed by atoms with Crippen LogP contribution in [0, 0.1) is 17.8 Å². The normalized spacial score (nSPS) is 27.8. The van der Waals surface area contributed by atoms with E-state index in [1.807, 2.05) is 9.47 Å². The fourth-order valence-electron chi connectivity index (χ4n) is 5.75. The maximum Gasteiger partial charge on any atom is 0.263 e. The number of thiophene rings is 1. The van der Waals surface area contributed by atoms with E-state index in [0.717, 1.165) is 62.0 Å². The molecule has 4 unspecified atom stereocenters. The number of rotatable bonds is 5. The van der Waals surface area contributed by atoms with Crippen molar-refractivity contribution in [2.45, 2.75) is 77.1 Å². The van der Waals surface area contributed by atoms with E-state index in [9.17, 15) is 9.59 Å². The van der Waals surface area contributed by atoms with Crippen LogP contribution in [0.2, 0.25) is 0 Å². The van der Waals surface area contributed by atoms with Crippen LogP contribution in [0.3, 0.4) is 0 Å². The van der Waals surface area contributed by atoms with Crippen LogP contribution >= 0.6 is 23.1 Å². The molecule has 4 atom stereocenters. The summed E-state index contributed by atoms with van der Waals surface area (Å²) in [5.41, 5.74) is 1.27. The predicted octanol–water partition coefficient (Wildman–Crippen LogP) is 4.36. The van der Waals surface area contributed by atoms with Gasteiger partial charge in [-0.25, -0.2) is 4.98 Å². The van der Waals surface area contributed by atoms with Gasteiger partial charge in [-0.05, 0) is 61.8 Å². The topological polar surface area (TPSA) is 64.4 Å². The minimum atomic E-state index is 0.0512. The summed E-state index contributed by atoms with van der Waals surface area (Å²) in [5, 5.41) is 1.48. The van der Waals surface area contributed by atoms with E-state index < -0.39 is 0 Å². The third-order valence-corrected chi connectivity index (χ3v) is 9.45. The molecule has 5 rings (SSSR count). The average molecular weight is 490 g/mol. The first-order chi connectivity index (χ1) is 15.9. The number of fused-ring (bicyclic) bond motifs is 3. The van der Waals surface area contributed by atoms with E-state index in [0.29, 0.717) is 35.2 Å². The lowest BCUT2D eigenvalue weighted by molar-refractivity contribution is -0.130. The Balaban J connectivity index is 1.44. The van der Waals surface area contributed by atoms with Crippen LogP contribution in [0.4, 0.5) is 0 Å². The summed E-state index contributed by atoms with van der Waals surface area (Å²) in [4.78, 5) is 35.9. The molecule has 2 saturated heterocycles. The summed E-state index contributed by atoms with van der Waals surface area (Å²) in [6, 6.07) is 0. The molecule has 0 aromatic carbocycles. The molecule has 2 aliphatic heterocycles. The molecule has 2 aromatic rings. The van der Waals surface area contributed by atoms with Gasteiger partial charge in [-0.15, -0.1) is 11.3 Å². The number of carbonyl (C=O) groups is 1. The lowest BCUT2D eigenvalue weighted by Gasteiger charge is -2.35. The van der Waals surface area contributed by atoms with Gasteiger partial charge in [-0.2, -0.15) is 0 Å². The smallest absolute Gasteiger partial charge is 0.263 e. The molecule has 0 N–H and O–H groups in total. The van der Waals surface area contributed by atoms with Crippen LogP contribution in [0.25, 0.3) is 10.2 Å². The Kier molecular flexibility index (Phi) is 6.87. The molecule has 1 aliphatic carbocycles. The molecule has 2 aromatic heterocycles. The zero-order valence-corrected chi connectivity index (χ0v) is 21.6. The fraction of sp³-hybridized carbons (Fsp3) is 0.720. The summed E-state index contributed by atoms with van der Waals surface area (Å²) in [6.45, 7) is 9.66. The van der Waals surface area contributed by atoms with Crippen LogP contribution in [0.5, 0.6) is 0 Å². The van der Waals surface area contributed by atoms with E-state index >= 15 is 0 Å². The summed E-state index contributed by atoms with van der Waals surface area (Å²) >= 11 is 3.10. The maximum atomic E-state index is 13.7. The second-order valence-electron chi connectivity index (χ2n) is 10.5. The van der Waals surface area contributed by atoms with Crippen molar-refractivity contribution in [1.82, 2.24) is 14.5 Å². The maximum absolute atomic E-state index is 13.7. The Morgan fingerprint density at radius 1 is 1.18 bits per heavy atom. The van der Waals surface area contributed by atoms with Crippen LogP contribution in [-0.2, 0) is 28.9 Å².